The molecule has 10 nitrogen and oxygen atoms in total. The SMILES string of the molecule is COc1cc(/C=N\Nc2ccc([N+](=O)[O-])cc2[N+](=O)[O-])ccc1OC(F)F. The fraction of sp³-hybridized carbons (Fsp3) is 0.133. The number of alkyl halides is 2. The molecule has 0 aliphatic rings. The van der Waals surface area contributed by atoms with Gasteiger partial charge in [-0.05, 0) is 29.8 Å². The molecular weight excluding hydrogens is 370 g/mol. The highest BCUT2D eigenvalue weighted by Gasteiger charge is 2.19. The predicted octanol–water partition coefficient (Wildman–Crippen LogP) is 3.56. The lowest BCUT2D eigenvalue weighted by atomic mass is 10.2. The van der Waals surface area contributed by atoms with Crippen LogP contribution in [0.25, 0.3) is 0 Å². The lowest BCUT2D eigenvalue weighted by Gasteiger charge is -2.10. The van der Waals surface area contributed by atoms with Gasteiger partial charge in [-0.15, -0.1) is 0 Å². The van der Waals surface area contributed by atoms with E-state index in [-0.39, 0.29) is 17.2 Å². The summed E-state index contributed by atoms with van der Waals surface area (Å²) in [4.78, 5) is 20.2. The summed E-state index contributed by atoms with van der Waals surface area (Å²) in [6.07, 6.45) is 1.25. The fourth-order valence-corrected chi connectivity index (χ4v) is 2.01. The average molecular weight is 382 g/mol. The van der Waals surface area contributed by atoms with E-state index in [1.54, 1.807) is 0 Å². The molecule has 0 saturated heterocycles. The molecule has 0 heterocycles. The highest BCUT2D eigenvalue weighted by Crippen LogP contribution is 2.30. The Labute approximate surface area is 150 Å². The Morgan fingerprint density at radius 1 is 1.11 bits per heavy atom. The summed E-state index contributed by atoms with van der Waals surface area (Å²) in [6, 6.07) is 7.07. The van der Waals surface area contributed by atoms with Crippen molar-refractivity contribution in [1.82, 2.24) is 0 Å². The van der Waals surface area contributed by atoms with E-state index in [4.69, 9.17) is 4.74 Å². The van der Waals surface area contributed by atoms with Crippen molar-refractivity contribution in [3.05, 3.63) is 62.2 Å². The van der Waals surface area contributed by atoms with Crippen LogP contribution in [-0.4, -0.2) is 29.8 Å². The van der Waals surface area contributed by atoms with Crippen LogP contribution >= 0.6 is 0 Å². The Balaban J connectivity index is 2.20. The molecule has 0 unspecified atom stereocenters. The zero-order chi connectivity index (χ0) is 20.0. The van der Waals surface area contributed by atoms with Crippen molar-refractivity contribution in [2.45, 2.75) is 6.61 Å². The molecule has 0 saturated carbocycles. The number of nitro benzene ring substituents is 2. The van der Waals surface area contributed by atoms with E-state index in [0.717, 1.165) is 18.2 Å². The van der Waals surface area contributed by atoms with E-state index >= 15 is 0 Å². The number of hydrogen-bond donors (Lipinski definition) is 1. The third-order valence-corrected chi connectivity index (χ3v) is 3.19. The highest BCUT2D eigenvalue weighted by molar-refractivity contribution is 5.82. The molecule has 27 heavy (non-hydrogen) atoms. The quantitative estimate of drug-likeness (QED) is 0.420. The summed E-state index contributed by atoms with van der Waals surface area (Å²) in [5, 5.41) is 25.5. The maximum Gasteiger partial charge on any atom is 0.387 e. The number of ether oxygens (including phenoxy) is 2. The summed E-state index contributed by atoms with van der Waals surface area (Å²) in [5.74, 6) is -0.121. The zero-order valence-corrected chi connectivity index (χ0v) is 13.7. The Morgan fingerprint density at radius 3 is 2.44 bits per heavy atom. The van der Waals surface area contributed by atoms with Crippen molar-refractivity contribution < 1.29 is 28.1 Å². The van der Waals surface area contributed by atoms with Crippen molar-refractivity contribution in [2.24, 2.45) is 5.10 Å². The van der Waals surface area contributed by atoms with Crippen molar-refractivity contribution >= 4 is 23.3 Å². The molecule has 0 spiro atoms. The minimum Gasteiger partial charge on any atom is -0.493 e. The van der Waals surface area contributed by atoms with Crippen LogP contribution in [0.5, 0.6) is 11.5 Å². The number of rotatable bonds is 8. The number of non-ortho nitro benzene ring substituents is 1. The van der Waals surface area contributed by atoms with E-state index in [1.165, 1.54) is 31.5 Å². The highest BCUT2D eigenvalue weighted by atomic mass is 19.3. The van der Waals surface area contributed by atoms with Crippen molar-refractivity contribution in [3.8, 4) is 11.5 Å². The van der Waals surface area contributed by atoms with Gasteiger partial charge in [0.1, 0.15) is 5.69 Å². The molecule has 0 fully saturated rings. The molecule has 0 bridgehead atoms. The number of methoxy groups -OCH3 is 1. The van der Waals surface area contributed by atoms with Crippen molar-refractivity contribution in [1.29, 1.82) is 0 Å². The summed E-state index contributed by atoms with van der Waals surface area (Å²) < 4.78 is 33.8. The Morgan fingerprint density at radius 2 is 1.85 bits per heavy atom. The van der Waals surface area contributed by atoms with Crippen LogP contribution in [-0.2, 0) is 0 Å². The number of anilines is 1. The first-order chi connectivity index (χ1) is 12.8. The van der Waals surface area contributed by atoms with E-state index in [9.17, 15) is 29.0 Å². The third kappa shape index (κ3) is 5.07. The zero-order valence-electron chi connectivity index (χ0n) is 13.7. The second-order valence-electron chi connectivity index (χ2n) is 4.87. The van der Waals surface area contributed by atoms with E-state index in [2.05, 4.69) is 15.3 Å². The predicted molar refractivity (Wildman–Crippen MR) is 90.6 cm³/mol. The molecule has 12 heteroatoms. The number of nitro groups is 2. The molecule has 1 N–H and O–H groups in total. The van der Waals surface area contributed by atoms with Gasteiger partial charge >= 0.3 is 12.3 Å². The van der Waals surface area contributed by atoms with Crippen LogP contribution in [0.3, 0.4) is 0 Å². The molecule has 0 aliphatic heterocycles. The van der Waals surface area contributed by atoms with Gasteiger partial charge in [0, 0.05) is 6.07 Å². The van der Waals surface area contributed by atoms with Gasteiger partial charge in [-0.2, -0.15) is 13.9 Å². The summed E-state index contributed by atoms with van der Waals surface area (Å²) >= 11 is 0. The summed E-state index contributed by atoms with van der Waals surface area (Å²) in [5.41, 5.74) is 1.80. The van der Waals surface area contributed by atoms with Crippen LogP contribution in [0.15, 0.2) is 41.5 Å². The lowest BCUT2D eigenvalue weighted by Crippen LogP contribution is -2.04. The Hall–Kier alpha value is -3.83. The van der Waals surface area contributed by atoms with Crippen LogP contribution < -0.4 is 14.9 Å². The van der Waals surface area contributed by atoms with Gasteiger partial charge in [-0.25, -0.2) is 0 Å². The lowest BCUT2D eigenvalue weighted by molar-refractivity contribution is -0.393. The Bertz CT molecular complexity index is 891. The van der Waals surface area contributed by atoms with Gasteiger partial charge in [0.2, 0.25) is 0 Å². The number of nitrogens with zero attached hydrogens (tertiary/aromatic N) is 3. The number of hydrazone groups is 1. The van der Waals surface area contributed by atoms with Gasteiger partial charge < -0.3 is 9.47 Å². The van der Waals surface area contributed by atoms with Gasteiger partial charge in [-0.3, -0.25) is 25.7 Å². The molecule has 2 rings (SSSR count). The largest absolute Gasteiger partial charge is 0.493 e. The second kappa shape index (κ2) is 8.51. The monoisotopic (exact) mass is 382 g/mol. The average Bonchev–Trinajstić information content (AvgIpc) is 2.62. The molecule has 0 aliphatic carbocycles. The van der Waals surface area contributed by atoms with Gasteiger partial charge in [-0.1, -0.05) is 0 Å². The topological polar surface area (TPSA) is 129 Å². The molecule has 2 aromatic rings. The third-order valence-electron chi connectivity index (χ3n) is 3.19. The van der Waals surface area contributed by atoms with Gasteiger partial charge in [0.05, 0.1) is 29.2 Å². The maximum atomic E-state index is 12.3. The minimum atomic E-state index is -3.01. The number of hydrogen-bond acceptors (Lipinski definition) is 8. The molecule has 142 valence electrons. The fourth-order valence-electron chi connectivity index (χ4n) is 2.01. The van der Waals surface area contributed by atoms with Gasteiger partial charge in [0.15, 0.2) is 11.5 Å². The number of nitrogens with one attached hydrogen (secondary N) is 1. The molecule has 0 amide bonds. The van der Waals surface area contributed by atoms with E-state index < -0.39 is 27.8 Å². The standard InChI is InChI=1S/C15H12F2N4O6/c1-26-14-6-9(2-5-13(14)27-15(16)17)8-18-19-11-4-3-10(20(22)23)7-12(11)21(24)25/h2-8,15,19H,1H3/b18-8-. The van der Waals surface area contributed by atoms with Crippen molar-refractivity contribution in [2.75, 3.05) is 12.5 Å². The maximum absolute atomic E-state index is 12.3. The van der Waals surface area contributed by atoms with Crippen molar-refractivity contribution in [3.63, 3.8) is 0 Å². The second-order valence-corrected chi connectivity index (χ2v) is 4.87. The van der Waals surface area contributed by atoms with E-state index in [1.807, 2.05) is 0 Å². The molecular formula is C15H12F2N4O6. The molecule has 2 aromatic carbocycles. The summed E-state index contributed by atoms with van der Waals surface area (Å²) in [7, 11) is 1.27. The molecule has 0 aromatic heterocycles. The Kier molecular flexibility index (Phi) is 6.14. The van der Waals surface area contributed by atoms with E-state index in [0.29, 0.717) is 5.56 Å². The normalized spacial score (nSPS) is 10.8. The number of halogens is 2. The first-order valence-corrected chi connectivity index (χ1v) is 7.16. The number of benzene rings is 2. The molecule has 0 radical (unpaired) electrons. The van der Waals surface area contributed by atoms with Crippen LogP contribution in [0.1, 0.15) is 5.56 Å². The van der Waals surface area contributed by atoms with Gasteiger partial charge in [0.25, 0.3) is 5.69 Å². The minimum absolute atomic E-state index is 0.0422. The van der Waals surface area contributed by atoms with Crippen LogP contribution in [0.4, 0.5) is 25.8 Å². The van der Waals surface area contributed by atoms with Crippen LogP contribution in [0, 0.1) is 20.2 Å². The molecule has 0 atom stereocenters. The smallest absolute Gasteiger partial charge is 0.387 e. The first kappa shape index (κ1) is 19.5. The first-order valence-electron chi connectivity index (χ1n) is 7.16. The van der Waals surface area contributed by atoms with Crippen LogP contribution in [0.2, 0.25) is 0 Å². The summed E-state index contributed by atoms with van der Waals surface area (Å²) in [6.45, 7) is -3.01.